The second-order valence-corrected chi connectivity index (χ2v) is 7.11. The highest BCUT2D eigenvalue weighted by Crippen LogP contribution is 2.28. The second-order valence-electron chi connectivity index (χ2n) is 7.11. The van der Waals surface area contributed by atoms with E-state index >= 15 is 0 Å². The number of fused-ring (bicyclic) bond motifs is 1. The standard InChI is InChI=1S/C23H23FN2O/c24-20-10-8-17(9-11-20)16-26(21-12-13-21)23(27)25-15-14-19-6-3-5-18-4-1-2-7-22(18)19/h1-11,21H,12-16H2,(H,25,27). The summed E-state index contributed by atoms with van der Waals surface area (Å²) in [6.07, 6.45) is 2.87. The Morgan fingerprint density at radius 1 is 1.00 bits per heavy atom. The number of hydrogen-bond donors (Lipinski definition) is 1. The minimum Gasteiger partial charge on any atom is -0.338 e. The fourth-order valence-electron chi connectivity index (χ4n) is 3.46. The molecule has 0 aliphatic heterocycles. The Balaban J connectivity index is 1.37. The first-order valence-corrected chi connectivity index (χ1v) is 9.46. The molecular formula is C23H23FN2O. The van der Waals surface area contributed by atoms with Crippen molar-refractivity contribution in [3.63, 3.8) is 0 Å². The summed E-state index contributed by atoms with van der Waals surface area (Å²) in [5.41, 5.74) is 2.19. The van der Waals surface area contributed by atoms with Crippen LogP contribution in [0, 0.1) is 5.82 Å². The normalized spacial score (nSPS) is 13.5. The SMILES string of the molecule is O=C(NCCc1cccc2ccccc12)N(Cc1ccc(F)cc1)C1CC1. The van der Waals surface area contributed by atoms with Crippen molar-refractivity contribution in [3.05, 3.63) is 83.7 Å². The van der Waals surface area contributed by atoms with E-state index in [1.807, 2.05) is 17.0 Å². The highest BCUT2D eigenvalue weighted by atomic mass is 19.1. The van der Waals surface area contributed by atoms with Crippen molar-refractivity contribution >= 4 is 16.8 Å². The van der Waals surface area contributed by atoms with Gasteiger partial charge < -0.3 is 10.2 Å². The van der Waals surface area contributed by atoms with Gasteiger partial charge in [0, 0.05) is 19.1 Å². The fraction of sp³-hybridized carbons (Fsp3) is 0.261. The third-order valence-corrected chi connectivity index (χ3v) is 5.07. The summed E-state index contributed by atoms with van der Waals surface area (Å²) in [7, 11) is 0. The fourth-order valence-corrected chi connectivity index (χ4v) is 3.46. The minimum absolute atomic E-state index is 0.0398. The van der Waals surface area contributed by atoms with Crippen LogP contribution in [0.25, 0.3) is 10.8 Å². The van der Waals surface area contributed by atoms with Gasteiger partial charge in [0.15, 0.2) is 0 Å². The molecule has 1 fully saturated rings. The summed E-state index contributed by atoms with van der Waals surface area (Å²) >= 11 is 0. The van der Waals surface area contributed by atoms with E-state index in [0.717, 1.165) is 24.8 Å². The van der Waals surface area contributed by atoms with Crippen LogP contribution in [0.15, 0.2) is 66.7 Å². The largest absolute Gasteiger partial charge is 0.338 e. The number of nitrogens with one attached hydrogen (secondary N) is 1. The monoisotopic (exact) mass is 362 g/mol. The van der Waals surface area contributed by atoms with E-state index in [-0.39, 0.29) is 11.8 Å². The van der Waals surface area contributed by atoms with E-state index < -0.39 is 0 Å². The average Bonchev–Trinajstić information content (AvgIpc) is 3.53. The van der Waals surface area contributed by atoms with Gasteiger partial charge in [-0.1, -0.05) is 54.6 Å². The zero-order valence-electron chi connectivity index (χ0n) is 15.2. The van der Waals surface area contributed by atoms with E-state index in [2.05, 4.69) is 35.6 Å². The molecule has 1 aliphatic rings. The summed E-state index contributed by atoms with van der Waals surface area (Å²) in [5, 5.41) is 5.52. The van der Waals surface area contributed by atoms with Crippen molar-refractivity contribution in [2.24, 2.45) is 0 Å². The average molecular weight is 362 g/mol. The van der Waals surface area contributed by atoms with Crippen LogP contribution in [0.3, 0.4) is 0 Å². The number of carbonyl (C=O) groups excluding carboxylic acids is 1. The van der Waals surface area contributed by atoms with Crippen LogP contribution in [0.5, 0.6) is 0 Å². The molecule has 4 heteroatoms. The topological polar surface area (TPSA) is 32.3 Å². The van der Waals surface area contributed by atoms with Crippen molar-refractivity contribution in [1.82, 2.24) is 10.2 Å². The molecule has 0 radical (unpaired) electrons. The molecule has 1 aliphatic carbocycles. The lowest BCUT2D eigenvalue weighted by atomic mass is 10.0. The molecule has 0 atom stereocenters. The van der Waals surface area contributed by atoms with Gasteiger partial charge in [0.2, 0.25) is 0 Å². The maximum Gasteiger partial charge on any atom is 0.317 e. The first-order chi connectivity index (χ1) is 13.2. The Morgan fingerprint density at radius 2 is 1.74 bits per heavy atom. The van der Waals surface area contributed by atoms with E-state index in [0.29, 0.717) is 19.1 Å². The number of benzene rings is 3. The second kappa shape index (κ2) is 7.78. The lowest BCUT2D eigenvalue weighted by molar-refractivity contribution is 0.192. The van der Waals surface area contributed by atoms with E-state index in [1.54, 1.807) is 12.1 Å². The summed E-state index contributed by atoms with van der Waals surface area (Å²) < 4.78 is 13.1. The highest BCUT2D eigenvalue weighted by Gasteiger charge is 2.32. The van der Waals surface area contributed by atoms with Crippen molar-refractivity contribution in [1.29, 1.82) is 0 Å². The molecular weight excluding hydrogens is 339 g/mol. The van der Waals surface area contributed by atoms with Gasteiger partial charge in [-0.05, 0) is 53.3 Å². The summed E-state index contributed by atoms with van der Waals surface area (Å²) in [4.78, 5) is 14.6. The van der Waals surface area contributed by atoms with Crippen molar-refractivity contribution in [2.75, 3.05) is 6.54 Å². The Bertz CT molecular complexity index is 929. The van der Waals surface area contributed by atoms with Crippen LogP contribution < -0.4 is 5.32 Å². The van der Waals surface area contributed by atoms with Gasteiger partial charge in [0.25, 0.3) is 0 Å². The molecule has 1 saturated carbocycles. The third-order valence-electron chi connectivity index (χ3n) is 5.07. The molecule has 4 rings (SSSR count). The Hall–Kier alpha value is -2.88. The number of nitrogens with zero attached hydrogens (tertiary/aromatic N) is 1. The Kier molecular flexibility index (Phi) is 5.05. The molecule has 0 spiro atoms. The van der Waals surface area contributed by atoms with Gasteiger partial charge in [0.1, 0.15) is 5.82 Å². The van der Waals surface area contributed by atoms with Crippen LogP contribution in [0.2, 0.25) is 0 Å². The number of hydrogen-bond acceptors (Lipinski definition) is 1. The van der Waals surface area contributed by atoms with Gasteiger partial charge in [-0.15, -0.1) is 0 Å². The molecule has 2 amide bonds. The molecule has 138 valence electrons. The lowest BCUT2D eigenvalue weighted by Gasteiger charge is -2.23. The minimum atomic E-state index is -0.253. The van der Waals surface area contributed by atoms with Crippen molar-refractivity contribution in [3.8, 4) is 0 Å². The van der Waals surface area contributed by atoms with Gasteiger partial charge in [-0.25, -0.2) is 9.18 Å². The quantitative estimate of drug-likeness (QED) is 0.665. The maximum absolute atomic E-state index is 13.1. The first-order valence-electron chi connectivity index (χ1n) is 9.46. The molecule has 0 aromatic heterocycles. The zero-order chi connectivity index (χ0) is 18.6. The Morgan fingerprint density at radius 3 is 2.52 bits per heavy atom. The molecule has 0 heterocycles. The molecule has 27 heavy (non-hydrogen) atoms. The smallest absolute Gasteiger partial charge is 0.317 e. The molecule has 0 bridgehead atoms. The number of urea groups is 1. The highest BCUT2D eigenvalue weighted by molar-refractivity contribution is 5.85. The van der Waals surface area contributed by atoms with E-state index in [9.17, 15) is 9.18 Å². The maximum atomic E-state index is 13.1. The molecule has 3 nitrogen and oxygen atoms in total. The summed E-state index contributed by atoms with van der Waals surface area (Å²) in [5.74, 6) is -0.253. The van der Waals surface area contributed by atoms with Gasteiger partial charge in [-0.2, -0.15) is 0 Å². The molecule has 3 aromatic rings. The van der Waals surface area contributed by atoms with Gasteiger partial charge >= 0.3 is 6.03 Å². The van der Waals surface area contributed by atoms with Gasteiger partial charge in [-0.3, -0.25) is 0 Å². The van der Waals surface area contributed by atoms with Crippen LogP contribution in [-0.4, -0.2) is 23.5 Å². The van der Waals surface area contributed by atoms with Crippen molar-refractivity contribution in [2.45, 2.75) is 31.8 Å². The number of carbonyl (C=O) groups is 1. The lowest BCUT2D eigenvalue weighted by Crippen LogP contribution is -2.41. The van der Waals surface area contributed by atoms with E-state index in [4.69, 9.17) is 0 Å². The summed E-state index contributed by atoms with van der Waals surface area (Å²) in [6, 6.07) is 21.2. The third kappa shape index (κ3) is 4.27. The Labute approximate surface area is 158 Å². The number of amides is 2. The zero-order valence-corrected chi connectivity index (χ0v) is 15.2. The molecule has 3 aromatic carbocycles. The van der Waals surface area contributed by atoms with Crippen LogP contribution in [-0.2, 0) is 13.0 Å². The van der Waals surface area contributed by atoms with E-state index in [1.165, 1.54) is 28.5 Å². The van der Waals surface area contributed by atoms with Crippen LogP contribution in [0.4, 0.5) is 9.18 Å². The predicted molar refractivity (Wildman–Crippen MR) is 106 cm³/mol. The first kappa shape index (κ1) is 17.5. The number of halogens is 1. The van der Waals surface area contributed by atoms with Gasteiger partial charge in [0.05, 0.1) is 0 Å². The van der Waals surface area contributed by atoms with Crippen LogP contribution in [0.1, 0.15) is 24.0 Å². The summed E-state index contributed by atoms with van der Waals surface area (Å²) in [6.45, 7) is 1.12. The molecule has 1 N–H and O–H groups in total. The predicted octanol–water partition coefficient (Wildman–Crippen LogP) is 4.90. The molecule has 0 saturated heterocycles. The van der Waals surface area contributed by atoms with Crippen molar-refractivity contribution < 1.29 is 9.18 Å². The van der Waals surface area contributed by atoms with Crippen LogP contribution >= 0.6 is 0 Å². The molecule has 0 unspecified atom stereocenters. The number of rotatable bonds is 6.